The number of nitrogens with two attached hydrogens (primary N) is 1. The lowest BCUT2D eigenvalue weighted by molar-refractivity contribution is 0.297. The van der Waals surface area contributed by atoms with Crippen LogP contribution in [0.5, 0.6) is 5.75 Å². The zero-order valence-electron chi connectivity index (χ0n) is 16.0. The topological polar surface area (TPSA) is 98.1 Å². The molecule has 0 saturated heterocycles. The van der Waals surface area contributed by atoms with E-state index in [1.165, 1.54) is 30.3 Å². The molecule has 6 nitrogen and oxygen atoms in total. The summed E-state index contributed by atoms with van der Waals surface area (Å²) in [5.41, 5.74) is 2.25. The molecule has 4 rings (SSSR count). The van der Waals surface area contributed by atoms with Gasteiger partial charge >= 0.3 is 0 Å². The minimum absolute atomic E-state index is 0.0144. The second-order valence-electron chi connectivity index (χ2n) is 6.74. The van der Waals surface area contributed by atoms with Crippen LogP contribution in [0, 0.1) is 5.82 Å². The Balaban J connectivity index is 1.61. The zero-order chi connectivity index (χ0) is 22.0. The zero-order valence-corrected chi connectivity index (χ0v) is 17.6. The van der Waals surface area contributed by atoms with Gasteiger partial charge in [-0.05, 0) is 48.0 Å². The molecule has 0 amide bonds. The average Bonchev–Trinajstić information content (AvgIpc) is 3.22. The predicted molar refractivity (Wildman–Crippen MR) is 117 cm³/mol. The summed E-state index contributed by atoms with van der Waals surface area (Å²) in [4.78, 5) is 7.42. The molecule has 0 radical (unpaired) electrons. The van der Waals surface area contributed by atoms with Crippen LogP contribution in [0.15, 0.2) is 77.8 Å². The third-order valence-corrected chi connectivity index (χ3v) is 5.76. The summed E-state index contributed by atoms with van der Waals surface area (Å²) >= 11 is 5.93. The number of nitrogens with one attached hydrogen (secondary N) is 1. The van der Waals surface area contributed by atoms with Crippen molar-refractivity contribution in [2.45, 2.75) is 11.5 Å². The highest BCUT2D eigenvalue weighted by atomic mass is 35.5. The average molecular weight is 458 g/mol. The molecule has 0 aliphatic rings. The van der Waals surface area contributed by atoms with Crippen molar-refractivity contribution in [3.63, 3.8) is 0 Å². The molecule has 4 aromatic rings. The number of hydrogen-bond acceptors (Lipinski definition) is 4. The monoisotopic (exact) mass is 457 g/mol. The third kappa shape index (κ3) is 4.93. The number of primary sulfonamides is 1. The van der Waals surface area contributed by atoms with E-state index >= 15 is 0 Å². The van der Waals surface area contributed by atoms with Crippen LogP contribution in [0.4, 0.5) is 4.39 Å². The van der Waals surface area contributed by atoms with Crippen LogP contribution in [-0.4, -0.2) is 18.4 Å². The van der Waals surface area contributed by atoms with E-state index in [2.05, 4.69) is 9.97 Å². The number of ether oxygens (including phenoxy) is 1. The van der Waals surface area contributed by atoms with Crippen molar-refractivity contribution < 1.29 is 17.5 Å². The standard InChI is InChI=1S/C22H17ClFN3O3S/c23-16-4-1-14(2-5-16)19-10-3-15(11-21(19)31(25,28)29)20-12-26-22(27-20)13-30-18-8-6-17(24)7-9-18/h1-12H,13H2,(H,26,27)(H2,25,28,29). The maximum absolute atomic E-state index is 13.0. The largest absolute Gasteiger partial charge is 0.486 e. The number of aromatic amines is 1. The Kier molecular flexibility index (Phi) is 5.77. The number of H-pyrrole nitrogens is 1. The molecule has 158 valence electrons. The lowest BCUT2D eigenvalue weighted by Gasteiger charge is -2.10. The maximum Gasteiger partial charge on any atom is 0.238 e. The van der Waals surface area contributed by atoms with Crippen molar-refractivity contribution >= 4 is 21.6 Å². The van der Waals surface area contributed by atoms with Crippen LogP contribution in [0.2, 0.25) is 5.02 Å². The van der Waals surface area contributed by atoms with Gasteiger partial charge in [-0.3, -0.25) is 0 Å². The summed E-state index contributed by atoms with van der Waals surface area (Å²) < 4.78 is 43.0. The molecule has 0 spiro atoms. The van der Waals surface area contributed by atoms with E-state index in [1.807, 2.05) is 0 Å². The fourth-order valence-corrected chi connectivity index (χ4v) is 3.96. The summed E-state index contributed by atoms with van der Waals surface area (Å²) in [7, 11) is -3.99. The molecule has 31 heavy (non-hydrogen) atoms. The normalized spacial score (nSPS) is 11.5. The Hall–Kier alpha value is -3.20. The first-order valence-corrected chi connectivity index (χ1v) is 11.1. The van der Waals surface area contributed by atoms with Gasteiger partial charge in [-0.25, -0.2) is 22.9 Å². The molecule has 3 N–H and O–H groups in total. The molecule has 0 aliphatic carbocycles. The molecular weight excluding hydrogens is 441 g/mol. The van der Waals surface area contributed by atoms with Gasteiger partial charge in [0, 0.05) is 22.3 Å². The number of aromatic nitrogens is 2. The van der Waals surface area contributed by atoms with Gasteiger partial charge in [0.2, 0.25) is 10.0 Å². The number of sulfonamides is 1. The fourth-order valence-electron chi connectivity index (χ4n) is 3.05. The van der Waals surface area contributed by atoms with E-state index in [0.29, 0.717) is 39.0 Å². The van der Waals surface area contributed by atoms with Gasteiger partial charge in [-0.15, -0.1) is 0 Å². The highest BCUT2D eigenvalue weighted by molar-refractivity contribution is 7.89. The second-order valence-corrected chi connectivity index (χ2v) is 8.70. The van der Waals surface area contributed by atoms with Crippen molar-refractivity contribution in [2.75, 3.05) is 0 Å². The summed E-state index contributed by atoms with van der Waals surface area (Å²) in [6, 6.07) is 17.4. The molecule has 0 unspecified atom stereocenters. The van der Waals surface area contributed by atoms with E-state index in [0.717, 1.165) is 0 Å². The molecule has 0 saturated carbocycles. The molecule has 3 aromatic carbocycles. The highest BCUT2D eigenvalue weighted by Gasteiger charge is 2.18. The van der Waals surface area contributed by atoms with E-state index < -0.39 is 10.0 Å². The number of hydrogen-bond donors (Lipinski definition) is 2. The molecule has 1 aromatic heterocycles. The first kappa shape index (κ1) is 21.0. The van der Waals surface area contributed by atoms with E-state index in [1.54, 1.807) is 42.6 Å². The Morgan fingerprint density at radius 1 is 1.00 bits per heavy atom. The number of nitrogens with zero attached hydrogens (tertiary/aromatic N) is 1. The van der Waals surface area contributed by atoms with Gasteiger partial charge in [-0.2, -0.15) is 0 Å². The lowest BCUT2D eigenvalue weighted by Crippen LogP contribution is -2.13. The van der Waals surface area contributed by atoms with Crippen molar-refractivity contribution in [3.05, 3.63) is 89.6 Å². The first-order chi connectivity index (χ1) is 14.8. The van der Waals surface area contributed by atoms with Gasteiger partial charge in [0.1, 0.15) is 24.0 Å². The first-order valence-electron chi connectivity index (χ1n) is 9.15. The molecule has 0 aliphatic heterocycles. The van der Waals surface area contributed by atoms with Crippen LogP contribution in [0.25, 0.3) is 22.4 Å². The number of rotatable bonds is 6. The van der Waals surface area contributed by atoms with E-state index in [9.17, 15) is 12.8 Å². The van der Waals surface area contributed by atoms with Gasteiger partial charge < -0.3 is 9.72 Å². The van der Waals surface area contributed by atoms with Crippen LogP contribution in [0.1, 0.15) is 5.82 Å². The van der Waals surface area contributed by atoms with Gasteiger partial charge in [-0.1, -0.05) is 35.9 Å². The molecule has 0 fully saturated rings. The molecule has 0 bridgehead atoms. The molecular formula is C22H17ClFN3O3S. The Morgan fingerprint density at radius 3 is 2.35 bits per heavy atom. The second kappa shape index (κ2) is 8.50. The quantitative estimate of drug-likeness (QED) is 0.436. The van der Waals surface area contributed by atoms with E-state index in [-0.39, 0.29) is 17.3 Å². The summed E-state index contributed by atoms with van der Waals surface area (Å²) in [5.74, 6) is 0.682. The SMILES string of the molecule is NS(=O)(=O)c1cc(-c2c[nH]c(COc3ccc(F)cc3)n2)ccc1-c1ccc(Cl)cc1. The highest BCUT2D eigenvalue weighted by Crippen LogP contribution is 2.31. The van der Waals surface area contributed by atoms with Crippen LogP contribution >= 0.6 is 11.6 Å². The number of halogens is 2. The van der Waals surface area contributed by atoms with E-state index in [4.69, 9.17) is 21.5 Å². The summed E-state index contributed by atoms with van der Waals surface area (Å²) in [6.07, 6.45) is 1.65. The van der Waals surface area contributed by atoms with Crippen LogP contribution in [0.3, 0.4) is 0 Å². The van der Waals surface area contributed by atoms with Crippen molar-refractivity contribution in [3.8, 4) is 28.1 Å². The molecule has 1 heterocycles. The minimum atomic E-state index is -3.99. The van der Waals surface area contributed by atoms with Crippen molar-refractivity contribution in [1.29, 1.82) is 0 Å². The van der Waals surface area contributed by atoms with Gasteiger partial charge in [0.25, 0.3) is 0 Å². The molecule has 9 heteroatoms. The summed E-state index contributed by atoms with van der Waals surface area (Å²) in [5, 5.41) is 6.02. The van der Waals surface area contributed by atoms with Gasteiger partial charge in [0.05, 0.1) is 10.6 Å². The minimum Gasteiger partial charge on any atom is -0.486 e. The summed E-state index contributed by atoms with van der Waals surface area (Å²) in [6.45, 7) is 0.135. The smallest absolute Gasteiger partial charge is 0.238 e. The maximum atomic E-state index is 13.0. The number of benzene rings is 3. The Morgan fingerprint density at radius 2 is 1.68 bits per heavy atom. The third-order valence-electron chi connectivity index (χ3n) is 4.56. The van der Waals surface area contributed by atoms with Crippen LogP contribution < -0.4 is 9.88 Å². The molecule has 0 atom stereocenters. The predicted octanol–water partition coefficient (Wildman–Crippen LogP) is 4.76. The fraction of sp³-hybridized carbons (Fsp3) is 0.0455. The van der Waals surface area contributed by atoms with Crippen molar-refractivity contribution in [1.82, 2.24) is 9.97 Å². The van der Waals surface area contributed by atoms with Crippen LogP contribution in [-0.2, 0) is 16.6 Å². The lowest BCUT2D eigenvalue weighted by atomic mass is 10.0. The Labute approximate surface area is 183 Å². The Bertz CT molecular complexity index is 1320. The van der Waals surface area contributed by atoms with Gasteiger partial charge in [0.15, 0.2) is 0 Å². The van der Waals surface area contributed by atoms with Crippen molar-refractivity contribution in [2.24, 2.45) is 5.14 Å². The number of imidazole rings is 1.